The first-order valence-electron chi connectivity index (χ1n) is 7.50. The van der Waals surface area contributed by atoms with E-state index in [0.29, 0.717) is 17.5 Å². The molecule has 0 fully saturated rings. The zero-order chi connectivity index (χ0) is 17.1. The molecule has 0 aliphatic rings. The van der Waals surface area contributed by atoms with Gasteiger partial charge in [0.1, 0.15) is 0 Å². The van der Waals surface area contributed by atoms with Gasteiger partial charge >= 0.3 is 0 Å². The van der Waals surface area contributed by atoms with Crippen LogP contribution in [0.15, 0.2) is 73.2 Å². The second-order valence-electron chi connectivity index (χ2n) is 5.16. The second-order valence-corrected chi connectivity index (χ2v) is 8.16. The molecule has 7 heteroatoms. The van der Waals surface area contributed by atoms with Crippen molar-refractivity contribution in [1.82, 2.24) is 15.2 Å². The molecule has 2 aromatic carbocycles. The van der Waals surface area contributed by atoms with E-state index in [1.807, 2.05) is 42.5 Å². The lowest BCUT2D eigenvalue weighted by atomic mass is 10.2. The minimum Gasteiger partial charge on any atom is -0.420 e. The fourth-order valence-electron chi connectivity index (χ4n) is 2.21. The average molecular weight is 430 g/mol. The number of nitrogens with zero attached hydrogens (tertiary/aromatic N) is 3. The van der Waals surface area contributed by atoms with Crippen LogP contribution in [0.1, 0.15) is 5.89 Å². The molecule has 0 amide bonds. The van der Waals surface area contributed by atoms with Crippen LogP contribution in [0.5, 0.6) is 0 Å². The zero-order valence-corrected chi connectivity index (χ0v) is 16.1. The minimum absolute atomic E-state index is 0.534. The van der Waals surface area contributed by atoms with E-state index < -0.39 is 0 Å². The smallest absolute Gasteiger partial charge is 0.247 e. The van der Waals surface area contributed by atoms with Crippen LogP contribution in [-0.2, 0) is 5.75 Å². The number of hydrogen-bond acceptors (Lipinski definition) is 6. The number of aromatic nitrogens is 3. The molecule has 0 N–H and O–H groups in total. The van der Waals surface area contributed by atoms with Gasteiger partial charge in [0, 0.05) is 21.0 Å². The highest BCUT2D eigenvalue weighted by Gasteiger charge is 2.11. The van der Waals surface area contributed by atoms with Gasteiger partial charge in [0.2, 0.25) is 11.8 Å². The zero-order valence-electron chi connectivity index (χ0n) is 12.9. The van der Waals surface area contributed by atoms with Crippen LogP contribution in [0.3, 0.4) is 0 Å². The number of hydrogen-bond donors (Lipinski definition) is 0. The van der Waals surface area contributed by atoms with E-state index >= 15 is 0 Å². The maximum Gasteiger partial charge on any atom is 0.247 e. The van der Waals surface area contributed by atoms with Crippen LogP contribution >= 0.6 is 39.0 Å². The second kappa shape index (κ2) is 7.51. The van der Waals surface area contributed by atoms with Crippen LogP contribution in [0, 0.1) is 0 Å². The summed E-state index contributed by atoms with van der Waals surface area (Å²) in [6.45, 7) is 0. The van der Waals surface area contributed by atoms with Crippen molar-refractivity contribution in [1.29, 1.82) is 0 Å². The molecule has 0 radical (unpaired) electrons. The molecule has 0 saturated heterocycles. The first kappa shape index (κ1) is 16.5. The summed E-state index contributed by atoms with van der Waals surface area (Å²) in [5.41, 5.74) is 3.03. The Morgan fingerprint density at radius 3 is 2.56 bits per heavy atom. The van der Waals surface area contributed by atoms with Gasteiger partial charge in [-0.15, -0.1) is 21.5 Å². The number of rotatable bonds is 5. The van der Waals surface area contributed by atoms with Crippen molar-refractivity contribution >= 4 is 39.0 Å². The van der Waals surface area contributed by atoms with Crippen molar-refractivity contribution in [2.45, 2.75) is 10.1 Å². The van der Waals surface area contributed by atoms with E-state index in [-0.39, 0.29) is 0 Å². The van der Waals surface area contributed by atoms with Crippen LogP contribution in [0.2, 0.25) is 0 Å². The molecule has 124 valence electrons. The molecule has 4 nitrogen and oxygen atoms in total. The number of halogens is 1. The molecule has 0 aliphatic heterocycles. The summed E-state index contributed by atoms with van der Waals surface area (Å²) < 4.78 is 7.75. The van der Waals surface area contributed by atoms with Crippen molar-refractivity contribution in [3.05, 3.63) is 70.3 Å². The summed E-state index contributed by atoms with van der Waals surface area (Å²) in [5, 5.41) is 10.3. The van der Waals surface area contributed by atoms with Crippen molar-refractivity contribution in [2.75, 3.05) is 0 Å². The molecular formula is C18H12BrN3OS2. The molecule has 0 atom stereocenters. The van der Waals surface area contributed by atoms with E-state index in [9.17, 15) is 0 Å². The first-order chi connectivity index (χ1) is 12.3. The Hall–Kier alpha value is -1.96. The summed E-state index contributed by atoms with van der Waals surface area (Å²) >= 11 is 6.65. The minimum atomic E-state index is 0.534. The predicted octanol–water partition coefficient (Wildman–Crippen LogP) is 5.91. The van der Waals surface area contributed by atoms with Gasteiger partial charge < -0.3 is 4.42 Å². The Morgan fingerprint density at radius 2 is 1.76 bits per heavy atom. The van der Waals surface area contributed by atoms with Gasteiger partial charge in [-0.3, -0.25) is 0 Å². The summed E-state index contributed by atoms with van der Waals surface area (Å²) in [6.07, 6.45) is 0. The highest BCUT2D eigenvalue weighted by Crippen LogP contribution is 2.30. The monoisotopic (exact) mass is 429 g/mol. The highest BCUT2D eigenvalue weighted by atomic mass is 79.9. The first-order valence-corrected chi connectivity index (χ1v) is 10.2. The van der Waals surface area contributed by atoms with Crippen molar-refractivity contribution in [2.24, 2.45) is 0 Å². The standard InChI is InChI=1S/C18H12BrN3OS2/c19-14-8-6-13(7-9-14)17-22-21-16(23-17)11-25-18-20-15(10-24-18)12-4-2-1-3-5-12/h1-10H,11H2. The number of benzene rings is 2. The largest absolute Gasteiger partial charge is 0.420 e. The van der Waals surface area contributed by atoms with Crippen LogP contribution in [0.25, 0.3) is 22.7 Å². The van der Waals surface area contributed by atoms with E-state index in [4.69, 9.17) is 4.42 Å². The lowest BCUT2D eigenvalue weighted by molar-refractivity contribution is 0.528. The summed E-state index contributed by atoms with van der Waals surface area (Å²) in [7, 11) is 0. The summed E-state index contributed by atoms with van der Waals surface area (Å²) in [4.78, 5) is 4.66. The molecule has 0 saturated carbocycles. The molecule has 0 unspecified atom stereocenters. The third-order valence-corrected chi connectivity index (χ3v) is 5.96. The topological polar surface area (TPSA) is 51.8 Å². The van der Waals surface area contributed by atoms with Gasteiger partial charge in [-0.2, -0.15) is 0 Å². The lowest BCUT2D eigenvalue weighted by Crippen LogP contribution is -1.81. The lowest BCUT2D eigenvalue weighted by Gasteiger charge is -1.95. The SMILES string of the molecule is Brc1ccc(-c2nnc(CSc3nc(-c4ccccc4)cs3)o2)cc1. The van der Waals surface area contributed by atoms with Crippen LogP contribution in [-0.4, -0.2) is 15.2 Å². The van der Waals surface area contributed by atoms with Gasteiger partial charge in [0.25, 0.3) is 0 Å². The average Bonchev–Trinajstić information content (AvgIpc) is 3.31. The maximum absolute atomic E-state index is 5.74. The Balaban J connectivity index is 1.42. The molecular weight excluding hydrogens is 418 g/mol. The van der Waals surface area contributed by atoms with E-state index in [1.54, 1.807) is 23.1 Å². The van der Waals surface area contributed by atoms with Gasteiger partial charge in [0.15, 0.2) is 4.34 Å². The van der Waals surface area contributed by atoms with Gasteiger partial charge in [0.05, 0.1) is 11.4 Å². The van der Waals surface area contributed by atoms with Gasteiger partial charge in [-0.05, 0) is 24.3 Å². The molecule has 0 aliphatic carbocycles. The maximum atomic E-state index is 5.74. The van der Waals surface area contributed by atoms with Crippen LogP contribution < -0.4 is 0 Å². The fourth-order valence-corrected chi connectivity index (χ4v) is 4.15. The third-order valence-electron chi connectivity index (χ3n) is 3.43. The number of thiazole rings is 1. The molecule has 4 aromatic rings. The predicted molar refractivity (Wildman–Crippen MR) is 105 cm³/mol. The van der Waals surface area contributed by atoms with Crippen molar-refractivity contribution < 1.29 is 4.42 Å². The molecule has 25 heavy (non-hydrogen) atoms. The van der Waals surface area contributed by atoms with Gasteiger partial charge in [-0.25, -0.2) is 4.98 Å². The Morgan fingerprint density at radius 1 is 0.960 bits per heavy atom. The van der Waals surface area contributed by atoms with E-state index in [1.165, 1.54) is 0 Å². The Kier molecular flexibility index (Phi) is 4.96. The van der Waals surface area contributed by atoms with Crippen molar-refractivity contribution in [3.63, 3.8) is 0 Å². The Labute approximate surface area is 161 Å². The number of thioether (sulfide) groups is 1. The third kappa shape index (κ3) is 4.00. The molecule has 2 aromatic heterocycles. The van der Waals surface area contributed by atoms with Crippen molar-refractivity contribution in [3.8, 4) is 22.7 Å². The summed E-state index contributed by atoms with van der Waals surface area (Å²) in [6, 6.07) is 18.0. The van der Waals surface area contributed by atoms with E-state index in [0.717, 1.165) is 25.6 Å². The fraction of sp³-hybridized carbons (Fsp3) is 0.0556. The molecule has 2 heterocycles. The molecule has 0 bridgehead atoms. The molecule has 0 spiro atoms. The summed E-state index contributed by atoms with van der Waals surface area (Å²) in [5.74, 6) is 1.73. The molecule has 4 rings (SSSR count). The normalized spacial score (nSPS) is 10.9. The van der Waals surface area contributed by atoms with Gasteiger partial charge in [-0.1, -0.05) is 58.0 Å². The van der Waals surface area contributed by atoms with Crippen LogP contribution in [0.4, 0.5) is 0 Å². The highest BCUT2D eigenvalue weighted by molar-refractivity contribution is 9.10. The van der Waals surface area contributed by atoms with E-state index in [2.05, 4.69) is 48.6 Å². The quantitative estimate of drug-likeness (QED) is 0.368. The Bertz CT molecular complexity index is 967.